The number of hydrogen-bond acceptors (Lipinski definition) is 7. The fourth-order valence-corrected chi connectivity index (χ4v) is 2.11. The second-order valence-corrected chi connectivity index (χ2v) is 6.98. The van der Waals surface area contributed by atoms with Crippen LogP contribution >= 0.6 is 0 Å². The highest BCUT2D eigenvalue weighted by Crippen LogP contribution is 2.13. The average Bonchev–Trinajstić information content (AvgIpc) is 3.00. The lowest BCUT2D eigenvalue weighted by Crippen LogP contribution is -2.36. The molecule has 1 heterocycles. The SMILES string of the molecule is CC(C)CC(N)C(=O)O.CCC(C)C(N)C(=O)O.O=C(O)[C@@H]1CCCN1O. The van der Waals surface area contributed by atoms with E-state index < -0.39 is 36.0 Å². The van der Waals surface area contributed by atoms with Gasteiger partial charge in [0.15, 0.2) is 0 Å². The van der Waals surface area contributed by atoms with Gasteiger partial charge < -0.3 is 32.0 Å². The maximum Gasteiger partial charge on any atom is 0.323 e. The first-order valence-corrected chi connectivity index (χ1v) is 9.00. The van der Waals surface area contributed by atoms with Crippen LogP contribution in [-0.4, -0.2) is 68.2 Å². The average molecular weight is 393 g/mol. The maximum atomic E-state index is 10.2. The number of rotatable bonds is 7. The van der Waals surface area contributed by atoms with Gasteiger partial charge >= 0.3 is 17.9 Å². The second-order valence-electron chi connectivity index (χ2n) is 6.98. The van der Waals surface area contributed by atoms with Gasteiger partial charge in [-0.3, -0.25) is 14.4 Å². The highest BCUT2D eigenvalue weighted by atomic mass is 16.5. The van der Waals surface area contributed by atoms with Crippen LogP contribution in [0.1, 0.15) is 53.4 Å². The van der Waals surface area contributed by atoms with Crippen LogP contribution in [0.5, 0.6) is 0 Å². The number of hydrogen-bond donors (Lipinski definition) is 6. The van der Waals surface area contributed by atoms with Crippen LogP contribution in [0, 0.1) is 11.8 Å². The van der Waals surface area contributed by atoms with E-state index in [-0.39, 0.29) is 5.92 Å². The molecule has 1 rings (SSSR count). The van der Waals surface area contributed by atoms with E-state index in [2.05, 4.69) is 0 Å². The summed E-state index contributed by atoms with van der Waals surface area (Å²) >= 11 is 0. The first-order valence-electron chi connectivity index (χ1n) is 9.00. The van der Waals surface area contributed by atoms with E-state index in [1.54, 1.807) is 0 Å². The fraction of sp³-hybridized carbons (Fsp3) is 0.824. The Labute approximate surface area is 160 Å². The van der Waals surface area contributed by atoms with Gasteiger partial charge in [-0.2, -0.15) is 5.06 Å². The molecule has 0 bridgehead atoms. The van der Waals surface area contributed by atoms with E-state index >= 15 is 0 Å². The first kappa shape index (κ1) is 27.5. The van der Waals surface area contributed by atoms with Gasteiger partial charge in [0.25, 0.3) is 0 Å². The molecule has 10 heteroatoms. The Morgan fingerprint density at radius 3 is 1.74 bits per heavy atom. The van der Waals surface area contributed by atoms with Gasteiger partial charge in [0.2, 0.25) is 0 Å². The lowest BCUT2D eigenvalue weighted by Gasteiger charge is -2.11. The number of carboxylic acid groups (broad SMARTS) is 3. The Balaban J connectivity index is 0. The number of carboxylic acids is 3. The molecule has 0 aliphatic carbocycles. The molecule has 0 spiro atoms. The Hall–Kier alpha value is -1.75. The van der Waals surface area contributed by atoms with E-state index in [9.17, 15) is 14.4 Å². The molecule has 1 aliphatic heterocycles. The van der Waals surface area contributed by atoms with Gasteiger partial charge in [0, 0.05) is 6.54 Å². The number of carbonyl (C=O) groups is 3. The molecule has 0 aromatic rings. The summed E-state index contributed by atoms with van der Waals surface area (Å²) in [4.78, 5) is 30.5. The van der Waals surface area contributed by atoms with Crippen molar-refractivity contribution in [2.75, 3.05) is 6.54 Å². The van der Waals surface area contributed by atoms with Crippen molar-refractivity contribution in [3.63, 3.8) is 0 Å². The third-order valence-corrected chi connectivity index (χ3v) is 4.09. The van der Waals surface area contributed by atoms with E-state index in [1.807, 2.05) is 27.7 Å². The highest BCUT2D eigenvalue weighted by Gasteiger charge is 2.28. The molecular weight excluding hydrogens is 358 g/mol. The lowest BCUT2D eigenvalue weighted by molar-refractivity contribution is -0.161. The van der Waals surface area contributed by atoms with Crippen molar-refractivity contribution in [1.29, 1.82) is 0 Å². The minimum Gasteiger partial charge on any atom is -0.480 e. The van der Waals surface area contributed by atoms with Gasteiger partial charge in [0.1, 0.15) is 18.1 Å². The normalized spacial score (nSPS) is 19.8. The van der Waals surface area contributed by atoms with Crippen molar-refractivity contribution in [2.24, 2.45) is 23.3 Å². The van der Waals surface area contributed by atoms with Gasteiger partial charge in [0.05, 0.1) is 0 Å². The van der Waals surface area contributed by atoms with Crippen LogP contribution < -0.4 is 11.5 Å². The molecule has 0 aromatic carbocycles. The Bertz CT molecular complexity index is 460. The van der Waals surface area contributed by atoms with Crippen molar-refractivity contribution >= 4 is 17.9 Å². The molecular formula is C17H35N3O7. The van der Waals surface area contributed by atoms with Crippen LogP contribution in [0.3, 0.4) is 0 Å². The van der Waals surface area contributed by atoms with E-state index in [0.717, 1.165) is 17.9 Å². The summed E-state index contributed by atoms with van der Waals surface area (Å²) in [6.45, 7) is 8.13. The zero-order valence-electron chi connectivity index (χ0n) is 16.5. The Morgan fingerprint density at radius 1 is 1.07 bits per heavy atom. The van der Waals surface area contributed by atoms with Crippen LogP contribution in [0.15, 0.2) is 0 Å². The zero-order valence-corrected chi connectivity index (χ0v) is 16.5. The van der Waals surface area contributed by atoms with Crippen molar-refractivity contribution in [2.45, 2.75) is 71.5 Å². The summed E-state index contributed by atoms with van der Waals surface area (Å²) < 4.78 is 0. The minimum atomic E-state index is -0.935. The minimum absolute atomic E-state index is 0.0718. The van der Waals surface area contributed by atoms with Crippen LogP contribution in [-0.2, 0) is 14.4 Å². The molecule has 0 saturated carbocycles. The monoisotopic (exact) mass is 393 g/mol. The van der Waals surface area contributed by atoms with E-state index in [1.165, 1.54) is 0 Å². The topological polar surface area (TPSA) is 187 Å². The predicted molar refractivity (Wildman–Crippen MR) is 99.3 cm³/mol. The lowest BCUT2D eigenvalue weighted by atomic mass is 10.0. The molecule has 1 aliphatic rings. The second kappa shape index (κ2) is 14.3. The Morgan fingerprint density at radius 2 is 1.59 bits per heavy atom. The molecule has 0 radical (unpaired) electrons. The third-order valence-electron chi connectivity index (χ3n) is 4.09. The van der Waals surface area contributed by atoms with Gasteiger partial charge in [-0.15, -0.1) is 0 Å². The molecule has 10 nitrogen and oxygen atoms in total. The summed E-state index contributed by atoms with van der Waals surface area (Å²) in [7, 11) is 0. The van der Waals surface area contributed by atoms with Gasteiger partial charge in [-0.25, -0.2) is 0 Å². The summed E-state index contributed by atoms with van der Waals surface area (Å²) in [6.07, 6.45) is 2.70. The molecule has 27 heavy (non-hydrogen) atoms. The standard InChI is InChI=1S/2C6H13NO2.C5H9NO3/c1-4(2)3-5(7)6(8)9;1-3-4(2)5(7)6(8)9;7-5(8)4-2-1-3-6(4)9/h2*4-5H,3,7H2,1-2H3,(H,8,9);4,9H,1-3H2,(H,7,8)/t;;4-/m..0/s1. The summed E-state index contributed by atoms with van der Waals surface area (Å²) in [5.41, 5.74) is 10.5. The summed E-state index contributed by atoms with van der Waals surface area (Å²) in [5.74, 6) is -2.33. The summed E-state index contributed by atoms with van der Waals surface area (Å²) in [5, 5.41) is 34.7. The van der Waals surface area contributed by atoms with Gasteiger partial charge in [-0.1, -0.05) is 34.1 Å². The number of nitrogens with zero attached hydrogens (tertiary/aromatic N) is 1. The molecule has 1 saturated heterocycles. The quantitative estimate of drug-likeness (QED) is 0.361. The smallest absolute Gasteiger partial charge is 0.323 e. The fourth-order valence-electron chi connectivity index (χ4n) is 2.11. The number of hydroxylamine groups is 2. The van der Waals surface area contributed by atoms with E-state index in [4.69, 9.17) is 32.0 Å². The zero-order chi connectivity index (χ0) is 21.7. The number of nitrogens with two attached hydrogens (primary N) is 2. The molecule has 3 unspecified atom stereocenters. The molecule has 160 valence electrons. The maximum absolute atomic E-state index is 10.2. The summed E-state index contributed by atoms with van der Waals surface area (Å²) in [6, 6.07) is -2.05. The first-order chi connectivity index (χ1) is 12.3. The molecule has 0 aromatic heterocycles. The van der Waals surface area contributed by atoms with Crippen molar-refractivity contribution in [3.05, 3.63) is 0 Å². The van der Waals surface area contributed by atoms with Crippen LogP contribution in [0.2, 0.25) is 0 Å². The van der Waals surface area contributed by atoms with E-state index in [0.29, 0.717) is 25.3 Å². The third kappa shape index (κ3) is 13.1. The van der Waals surface area contributed by atoms with Crippen LogP contribution in [0.25, 0.3) is 0 Å². The predicted octanol–water partition coefficient (Wildman–Crippen LogP) is 0.813. The molecule has 1 fully saturated rings. The Kier molecular flexibility index (Phi) is 14.6. The molecule has 8 N–H and O–H groups in total. The highest BCUT2D eigenvalue weighted by molar-refractivity contribution is 5.74. The molecule has 4 atom stereocenters. The largest absolute Gasteiger partial charge is 0.480 e. The number of aliphatic carboxylic acids is 3. The van der Waals surface area contributed by atoms with Crippen LogP contribution in [0.4, 0.5) is 0 Å². The van der Waals surface area contributed by atoms with Gasteiger partial charge in [-0.05, 0) is 31.1 Å². The van der Waals surface area contributed by atoms with Crippen molar-refractivity contribution in [1.82, 2.24) is 5.06 Å². The molecule has 0 amide bonds. The van der Waals surface area contributed by atoms with Crippen molar-refractivity contribution < 1.29 is 34.9 Å². The van der Waals surface area contributed by atoms with Crippen molar-refractivity contribution in [3.8, 4) is 0 Å².